The smallest absolute Gasteiger partial charge is 0.297 e. The predicted molar refractivity (Wildman–Crippen MR) is 117 cm³/mol. The maximum atomic E-state index is 12.6. The molecule has 0 bridgehead atoms. The fourth-order valence-electron chi connectivity index (χ4n) is 3.47. The van der Waals surface area contributed by atoms with Crippen molar-refractivity contribution in [3.8, 4) is 0 Å². The Morgan fingerprint density at radius 1 is 1.13 bits per heavy atom. The largest absolute Gasteiger partial charge is 0.373 e. The second-order valence-corrected chi connectivity index (χ2v) is 8.68. The highest BCUT2D eigenvalue weighted by Gasteiger charge is 2.18. The number of rotatable bonds is 7. The highest BCUT2D eigenvalue weighted by Crippen LogP contribution is 2.21. The van der Waals surface area contributed by atoms with Crippen LogP contribution in [0, 0.1) is 0 Å². The molecule has 0 unspecified atom stereocenters. The van der Waals surface area contributed by atoms with E-state index in [2.05, 4.69) is 25.5 Å². The van der Waals surface area contributed by atoms with Crippen molar-refractivity contribution in [2.45, 2.75) is 11.3 Å². The summed E-state index contributed by atoms with van der Waals surface area (Å²) >= 11 is 0. The summed E-state index contributed by atoms with van der Waals surface area (Å²) in [6, 6.07) is 12.6. The van der Waals surface area contributed by atoms with Crippen molar-refractivity contribution in [1.29, 1.82) is 0 Å². The molecule has 0 amide bonds. The third-order valence-corrected chi connectivity index (χ3v) is 6.42. The van der Waals surface area contributed by atoms with Gasteiger partial charge in [-0.2, -0.15) is 13.4 Å². The van der Waals surface area contributed by atoms with Crippen molar-refractivity contribution in [1.82, 2.24) is 15.3 Å². The number of hydrogen-bond donors (Lipinski definition) is 2. The van der Waals surface area contributed by atoms with Gasteiger partial charge in [-0.15, -0.1) is 0 Å². The molecule has 0 spiro atoms. The van der Waals surface area contributed by atoms with Crippen LogP contribution in [0.4, 0.5) is 11.8 Å². The maximum absolute atomic E-state index is 12.6. The van der Waals surface area contributed by atoms with Crippen molar-refractivity contribution in [3.63, 3.8) is 0 Å². The van der Waals surface area contributed by atoms with Crippen LogP contribution in [-0.4, -0.2) is 58.2 Å². The first-order valence-electron chi connectivity index (χ1n) is 9.94. The van der Waals surface area contributed by atoms with Crippen molar-refractivity contribution >= 4 is 32.7 Å². The number of anilines is 2. The average molecular weight is 428 g/mol. The quantitative estimate of drug-likeness (QED) is 0.553. The van der Waals surface area contributed by atoms with Gasteiger partial charge in [0, 0.05) is 51.4 Å². The fraction of sp³-hybridized carbons (Fsp3) is 0.333. The van der Waals surface area contributed by atoms with Crippen LogP contribution in [0.5, 0.6) is 0 Å². The van der Waals surface area contributed by atoms with Gasteiger partial charge in [0.1, 0.15) is 5.82 Å². The maximum Gasteiger partial charge on any atom is 0.297 e. The van der Waals surface area contributed by atoms with Crippen LogP contribution in [0.1, 0.15) is 5.56 Å². The van der Waals surface area contributed by atoms with Gasteiger partial charge in [0.05, 0.1) is 11.5 Å². The molecule has 8 nitrogen and oxygen atoms in total. The van der Waals surface area contributed by atoms with E-state index in [9.17, 15) is 8.42 Å². The molecule has 2 aromatic carbocycles. The van der Waals surface area contributed by atoms with E-state index in [4.69, 9.17) is 4.18 Å². The molecular weight excluding hydrogens is 402 g/mol. The molecule has 0 saturated carbocycles. The van der Waals surface area contributed by atoms with Crippen LogP contribution >= 0.6 is 0 Å². The van der Waals surface area contributed by atoms with Gasteiger partial charge in [0.2, 0.25) is 5.95 Å². The summed E-state index contributed by atoms with van der Waals surface area (Å²) in [7, 11) is -2.05. The molecule has 2 N–H and O–H groups in total. The average Bonchev–Trinajstić information content (AvgIpc) is 2.79. The Morgan fingerprint density at radius 2 is 1.90 bits per heavy atom. The molecule has 30 heavy (non-hydrogen) atoms. The Kier molecular flexibility index (Phi) is 6.12. The number of hydrogen-bond acceptors (Lipinski definition) is 8. The van der Waals surface area contributed by atoms with Gasteiger partial charge >= 0.3 is 0 Å². The van der Waals surface area contributed by atoms with E-state index in [1.54, 1.807) is 31.4 Å². The first kappa shape index (κ1) is 20.5. The molecular formula is C21H25N5O3S. The monoisotopic (exact) mass is 427 g/mol. The minimum absolute atomic E-state index is 0.0141. The molecule has 2 heterocycles. The number of nitrogens with zero attached hydrogens (tertiary/aromatic N) is 3. The molecule has 0 aliphatic carbocycles. The summed E-state index contributed by atoms with van der Waals surface area (Å²) < 4.78 is 30.5. The van der Waals surface area contributed by atoms with Crippen molar-refractivity contribution in [2.75, 3.05) is 50.1 Å². The molecule has 3 aromatic rings. The summed E-state index contributed by atoms with van der Waals surface area (Å²) in [5.41, 5.74) is 0.810. The summed E-state index contributed by atoms with van der Waals surface area (Å²) in [6.07, 6.45) is 2.12. The highest BCUT2D eigenvalue weighted by atomic mass is 32.2. The molecule has 9 heteroatoms. The van der Waals surface area contributed by atoms with Gasteiger partial charge < -0.3 is 15.5 Å². The second-order valence-electron chi connectivity index (χ2n) is 7.07. The lowest BCUT2D eigenvalue weighted by Crippen LogP contribution is -2.44. The van der Waals surface area contributed by atoms with Gasteiger partial charge in [0.25, 0.3) is 10.1 Å². The zero-order chi connectivity index (χ0) is 21.0. The predicted octanol–water partition coefficient (Wildman–Crippen LogP) is 2.03. The lowest BCUT2D eigenvalue weighted by Gasteiger charge is -2.27. The van der Waals surface area contributed by atoms with Gasteiger partial charge in [0.15, 0.2) is 0 Å². The topological polar surface area (TPSA) is 96.4 Å². The second kappa shape index (κ2) is 8.95. The number of piperazine rings is 1. The number of nitrogens with one attached hydrogen (secondary N) is 2. The first-order chi connectivity index (χ1) is 14.6. The van der Waals surface area contributed by atoms with E-state index in [1.165, 1.54) is 0 Å². The summed E-state index contributed by atoms with van der Waals surface area (Å²) in [6.45, 7) is 3.53. The Labute approximate surface area is 176 Å². The van der Waals surface area contributed by atoms with Crippen molar-refractivity contribution in [2.24, 2.45) is 0 Å². The lowest BCUT2D eigenvalue weighted by atomic mass is 10.1. The minimum Gasteiger partial charge on any atom is -0.373 e. The molecule has 1 aromatic heterocycles. The minimum atomic E-state index is -3.84. The number of fused-ring (bicyclic) bond motifs is 1. The zero-order valence-corrected chi connectivity index (χ0v) is 17.7. The Hall–Kier alpha value is -2.75. The fourth-order valence-corrected chi connectivity index (χ4v) is 4.41. The third-order valence-electron chi connectivity index (χ3n) is 5.11. The van der Waals surface area contributed by atoms with Crippen LogP contribution in [0.2, 0.25) is 0 Å². The standard InChI is InChI=1S/C21H25N5O3S/c1-22-20-18(15-24-21(25-20)26-11-9-23-10-12-26)8-13-29-30(27,28)19-7-6-16-4-2-3-5-17(16)14-19/h2-7,14-15,23H,8-13H2,1H3,(H,22,24,25). The molecule has 4 rings (SSSR count). The van der Waals surface area contributed by atoms with Crippen LogP contribution in [0.25, 0.3) is 10.8 Å². The summed E-state index contributed by atoms with van der Waals surface area (Å²) in [4.78, 5) is 11.3. The van der Waals surface area contributed by atoms with Gasteiger partial charge in [-0.1, -0.05) is 30.3 Å². The third kappa shape index (κ3) is 4.53. The van der Waals surface area contributed by atoms with E-state index in [1.807, 2.05) is 24.3 Å². The molecule has 1 saturated heterocycles. The van der Waals surface area contributed by atoms with E-state index in [0.29, 0.717) is 18.2 Å². The van der Waals surface area contributed by atoms with Crippen LogP contribution in [0.3, 0.4) is 0 Å². The lowest BCUT2D eigenvalue weighted by molar-refractivity contribution is 0.322. The van der Waals surface area contributed by atoms with Crippen LogP contribution in [-0.2, 0) is 20.7 Å². The SMILES string of the molecule is CNc1nc(N2CCNCC2)ncc1CCOS(=O)(=O)c1ccc2ccccc2c1. The molecule has 1 aliphatic heterocycles. The molecule has 1 fully saturated rings. The van der Waals surface area contributed by atoms with E-state index >= 15 is 0 Å². The highest BCUT2D eigenvalue weighted by molar-refractivity contribution is 7.86. The molecule has 158 valence electrons. The normalized spacial score (nSPS) is 14.8. The van der Waals surface area contributed by atoms with Crippen molar-refractivity contribution in [3.05, 3.63) is 54.2 Å². The van der Waals surface area contributed by atoms with Gasteiger partial charge in [-0.05, 0) is 22.9 Å². The van der Waals surface area contributed by atoms with E-state index in [0.717, 1.165) is 42.5 Å². The zero-order valence-electron chi connectivity index (χ0n) is 16.8. The Balaban J connectivity index is 1.43. The molecule has 0 radical (unpaired) electrons. The molecule has 0 atom stereocenters. The van der Waals surface area contributed by atoms with Gasteiger partial charge in [-0.3, -0.25) is 4.18 Å². The van der Waals surface area contributed by atoms with Crippen LogP contribution in [0.15, 0.2) is 53.6 Å². The van der Waals surface area contributed by atoms with Crippen LogP contribution < -0.4 is 15.5 Å². The first-order valence-corrected chi connectivity index (χ1v) is 11.4. The Bertz CT molecular complexity index is 1130. The molecule has 1 aliphatic rings. The summed E-state index contributed by atoms with van der Waals surface area (Å²) in [5.74, 6) is 1.36. The van der Waals surface area contributed by atoms with Crippen molar-refractivity contribution < 1.29 is 12.6 Å². The van der Waals surface area contributed by atoms with Gasteiger partial charge in [-0.25, -0.2) is 4.98 Å². The number of aromatic nitrogens is 2. The summed E-state index contributed by atoms with van der Waals surface area (Å²) in [5, 5.41) is 8.22. The van der Waals surface area contributed by atoms with E-state index < -0.39 is 10.1 Å². The number of benzene rings is 2. The Morgan fingerprint density at radius 3 is 2.67 bits per heavy atom. The van der Waals surface area contributed by atoms with E-state index in [-0.39, 0.29) is 11.5 Å².